The summed E-state index contributed by atoms with van der Waals surface area (Å²) in [5, 5.41) is 23.8. The minimum absolute atomic E-state index is 0.103. The van der Waals surface area contributed by atoms with Crippen molar-refractivity contribution in [3.8, 4) is 5.69 Å². The largest absolute Gasteiger partial charge is 0.383 e. The minimum Gasteiger partial charge on any atom is -0.383 e. The summed E-state index contributed by atoms with van der Waals surface area (Å²) in [5.74, 6) is -4.82. The van der Waals surface area contributed by atoms with Crippen molar-refractivity contribution >= 4 is 44.9 Å². The van der Waals surface area contributed by atoms with Gasteiger partial charge >= 0.3 is 11.4 Å². The third kappa shape index (κ3) is 6.72. The molecule has 8 rings (SSSR count). The van der Waals surface area contributed by atoms with Gasteiger partial charge in [0.2, 0.25) is 5.95 Å². The van der Waals surface area contributed by atoms with Crippen LogP contribution in [0, 0.1) is 17.5 Å². The first kappa shape index (κ1) is 34.4. The maximum atomic E-state index is 14.5. The van der Waals surface area contributed by atoms with E-state index in [2.05, 4.69) is 25.7 Å². The highest BCUT2D eigenvalue weighted by Gasteiger charge is 2.23. The smallest absolute Gasteiger partial charge is 0.359 e. The number of anilines is 2. The van der Waals surface area contributed by atoms with Gasteiger partial charge in [-0.1, -0.05) is 29.8 Å². The van der Waals surface area contributed by atoms with Gasteiger partial charge in [0.25, 0.3) is 0 Å². The van der Waals surface area contributed by atoms with Crippen molar-refractivity contribution in [3.05, 3.63) is 115 Å². The monoisotopic (exact) mass is 720 g/mol. The van der Waals surface area contributed by atoms with Crippen molar-refractivity contribution in [3.63, 3.8) is 0 Å². The van der Waals surface area contributed by atoms with Crippen molar-refractivity contribution < 1.29 is 23.0 Å². The fourth-order valence-electron chi connectivity index (χ4n) is 6.45. The zero-order chi connectivity index (χ0) is 35.8. The van der Waals surface area contributed by atoms with Crippen molar-refractivity contribution in [2.24, 2.45) is 0 Å². The first-order valence-corrected chi connectivity index (χ1v) is 16.6. The second kappa shape index (κ2) is 14.3. The molecule has 0 saturated heterocycles. The Bertz CT molecular complexity index is 2390. The number of halogens is 4. The van der Waals surface area contributed by atoms with Crippen molar-refractivity contribution in [2.45, 2.75) is 51.5 Å². The normalized spacial score (nSPS) is 15.2. The van der Waals surface area contributed by atoms with Gasteiger partial charge in [0.15, 0.2) is 17.5 Å². The van der Waals surface area contributed by atoms with Crippen LogP contribution in [0.1, 0.15) is 36.0 Å². The van der Waals surface area contributed by atoms with Crippen LogP contribution < -0.4 is 22.0 Å². The SMILES string of the molecule is COCCn1cc2c3c(c(Cl)cc2n1)Nc1nc(=O)n(c(=O)n1Cc1cc(F)c(F)c(F)c1)-c1cncc2cccc(c12)CNC(O)CCCC3. The van der Waals surface area contributed by atoms with E-state index in [1.165, 1.54) is 6.20 Å². The summed E-state index contributed by atoms with van der Waals surface area (Å²) in [5.41, 5.74) is 0.416. The van der Waals surface area contributed by atoms with Gasteiger partial charge in [-0.25, -0.2) is 27.3 Å². The molecular weight excluding hydrogens is 689 g/mol. The molecule has 1 unspecified atom stereocenters. The van der Waals surface area contributed by atoms with Crippen LogP contribution in [0.4, 0.5) is 24.8 Å². The lowest BCUT2D eigenvalue weighted by molar-refractivity contribution is 0.123. The number of aromatic nitrogens is 6. The molecule has 0 aliphatic carbocycles. The molecule has 6 aromatic rings. The number of nitrogens with zero attached hydrogens (tertiary/aromatic N) is 6. The van der Waals surface area contributed by atoms with E-state index in [1.807, 2.05) is 6.20 Å². The Morgan fingerprint density at radius 3 is 2.69 bits per heavy atom. The molecule has 2 bridgehead atoms. The Morgan fingerprint density at radius 2 is 1.90 bits per heavy atom. The third-order valence-electron chi connectivity index (χ3n) is 8.91. The fourth-order valence-corrected chi connectivity index (χ4v) is 6.72. The molecule has 1 atom stereocenters. The average molecular weight is 721 g/mol. The van der Waals surface area contributed by atoms with Crippen LogP contribution in [0.5, 0.6) is 0 Å². The number of rotatable bonds is 5. The fraction of sp³-hybridized carbons (Fsp3) is 0.286. The molecule has 5 heterocycles. The van der Waals surface area contributed by atoms with E-state index in [0.29, 0.717) is 71.9 Å². The molecule has 16 heteroatoms. The molecule has 2 aliphatic rings. The lowest BCUT2D eigenvalue weighted by Crippen LogP contribution is -2.42. The number of hydrogen-bond donors (Lipinski definition) is 3. The Morgan fingerprint density at radius 1 is 1.10 bits per heavy atom. The number of benzene rings is 3. The Labute approximate surface area is 293 Å². The molecule has 12 nitrogen and oxygen atoms in total. The molecule has 3 N–H and O–H groups in total. The zero-order valence-electron chi connectivity index (χ0n) is 27.3. The van der Waals surface area contributed by atoms with Gasteiger partial charge in [-0.3, -0.25) is 19.5 Å². The molecule has 264 valence electrons. The molecule has 3 aromatic heterocycles. The molecule has 0 amide bonds. The van der Waals surface area contributed by atoms with E-state index >= 15 is 0 Å². The van der Waals surface area contributed by atoms with Crippen molar-refractivity contribution in [2.75, 3.05) is 19.0 Å². The molecule has 0 fully saturated rings. The summed E-state index contributed by atoms with van der Waals surface area (Å²) in [6, 6.07) is 8.54. The molecule has 3 aromatic carbocycles. The lowest BCUT2D eigenvalue weighted by Gasteiger charge is -2.19. The quantitative estimate of drug-likeness (QED) is 0.211. The summed E-state index contributed by atoms with van der Waals surface area (Å²) >= 11 is 6.87. The highest BCUT2D eigenvalue weighted by atomic mass is 35.5. The molecule has 0 spiro atoms. The first-order valence-electron chi connectivity index (χ1n) is 16.2. The van der Waals surface area contributed by atoms with Gasteiger partial charge in [0.05, 0.1) is 47.8 Å². The predicted octanol–water partition coefficient (Wildman–Crippen LogP) is 4.94. The number of pyridine rings is 1. The second-order valence-corrected chi connectivity index (χ2v) is 12.7. The van der Waals surface area contributed by atoms with E-state index in [9.17, 15) is 27.9 Å². The summed E-state index contributed by atoms with van der Waals surface area (Å²) in [6.07, 6.45) is 6.05. The summed E-state index contributed by atoms with van der Waals surface area (Å²) in [6.45, 7) is 0.569. The van der Waals surface area contributed by atoms with E-state index < -0.39 is 41.6 Å². The Kier molecular flexibility index (Phi) is 9.61. The molecule has 51 heavy (non-hydrogen) atoms. The predicted molar refractivity (Wildman–Crippen MR) is 185 cm³/mol. The van der Waals surface area contributed by atoms with E-state index in [4.69, 9.17) is 16.3 Å². The highest BCUT2D eigenvalue weighted by molar-refractivity contribution is 6.34. The van der Waals surface area contributed by atoms with Crippen LogP contribution >= 0.6 is 11.6 Å². The third-order valence-corrected chi connectivity index (χ3v) is 9.21. The topological polar surface area (TPSA) is 141 Å². The molecular formula is C35H32ClF3N8O4. The van der Waals surface area contributed by atoms with Crippen LogP contribution in [0.3, 0.4) is 0 Å². The molecule has 0 saturated carbocycles. The second-order valence-electron chi connectivity index (χ2n) is 12.3. The van der Waals surface area contributed by atoms with Crippen LogP contribution in [0.2, 0.25) is 5.02 Å². The van der Waals surface area contributed by atoms with Gasteiger partial charge in [-0.05, 0) is 60.6 Å². The van der Waals surface area contributed by atoms with Crippen LogP contribution in [-0.2, 0) is 30.8 Å². The lowest BCUT2D eigenvalue weighted by atomic mass is 10.0. The zero-order valence-corrected chi connectivity index (χ0v) is 28.1. The summed E-state index contributed by atoms with van der Waals surface area (Å²) in [7, 11) is 1.59. The van der Waals surface area contributed by atoms with Gasteiger partial charge in [-0.15, -0.1) is 0 Å². The number of aryl methyl sites for hydroxylation is 1. The first-order chi connectivity index (χ1) is 24.6. The standard InChI is InChI=1S/C35H32ClF3N8O4/c1-51-10-9-45-18-23-22-7-2-3-8-29(48)41-15-21-6-4-5-20-14-40-16-28(30(20)21)47-34(49)43-33(42-32(22)24(36)13-27(23)44-45)46(35(47)50)17-19-11-25(37)31(39)26(38)12-19/h4-6,11-14,16,18,29,41,48H,2-3,7-10,15,17H2,1H3,(H,42,43,49). The number of hydrogen-bond acceptors (Lipinski definition) is 9. The van der Waals surface area contributed by atoms with Crippen molar-refractivity contribution in [1.82, 2.24) is 34.2 Å². The van der Waals surface area contributed by atoms with Gasteiger partial charge in [-0.2, -0.15) is 10.1 Å². The summed E-state index contributed by atoms with van der Waals surface area (Å²) in [4.78, 5) is 37.0. The van der Waals surface area contributed by atoms with Gasteiger partial charge < -0.3 is 15.2 Å². The van der Waals surface area contributed by atoms with Gasteiger partial charge in [0, 0.05) is 42.2 Å². The van der Waals surface area contributed by atoms with E-state index in [1.54, 1.807) is 42.3 Å². The number of methoxy groups -OCH3 is 1. The number of aliphatic hydroxyl groups is 1. The van der Waals surface area contributed by atoms with Crippen LogP contribution in [0.15, 0.2) is 64.6 Å². The number of fused-ring (bicyclic) bond motifs is 9. The van der Waals surface area contributed by atoms with Crippen molar-refractivity contribution in [1.29, 1.82) is 0 Å². The summed E-state index contributed by atoms with van der Waals surface area (Å²) < 4.78 is 51.6. The Hall–Kier alpha value is -5.09. The number of nitrogens with one attached hydrogen (secondary N) is 2. The number of aliphatic hydroxyl groups excluding tert-OH is 1. The number of ether oxygens (including phenoxy) is 1. The highest BCUT2D eigenvalue weighted by Crippen LogP contribution is 2.36. The van der Waals surface area contributed by atoms with Gasteiger partial charge in [0.1, 0.15) is 6.23 Å². The minimum atomic E-state index is -1.66. The molecule has 2 aliphatic heterocycles. The maximum Gasteiger partial charge on any atom is 0.359 e. The maximum absolute atomic E-state index is 14.5. The van der Waals surface area contributed by atoms with Crippen LogP contribution in [0.25, 0.3) is 27.4 Å². The van der Waals surface area contributed by atoms with Crippen LogP contribution in [-0.4, -0.2) is 53.9 Å². The van der Waals surface area contributed by atoms with E-state index in [0.717, 1.165) is 26.7 Å². The Balaban J connectivity index is 1.49. The molecule has 0 radical (unpaired) electrons. The van der Waals surface area contributed by atoms with E-state index in [-0.39, 0.29) is 28.8 Å². The average Bonchev–Trinajstić information content (AvgIpc) is 3.51.